The number of hydrogen-bond donors (Lipinski definition) is 0. The van der Waals surface area contributed by atoms with Gasteiger partial charge in [-0.15, -0.1) is 0 Å². The minimum atomic E-state index is 0.565. The maximum absolute atomic E-state index is 4.27. The monoisotopic (exact) mass is 369 g/mol. The van der Waals surface area contributed by atoms with Crippen LogP contribution in [0.1, 0.15) is 38.7 Å². The fourth-order valence-electron chi connectivity index (χ4n) is 2.41. The first-order valence-electron chi connectivity index (χ1n) is 6.23. The maximum atomic E-state index is 4.27. The lowest BCUT2D eigenvalue weighted by Crippen LogP contribution is -2.00. The SMILES string of the molecule is CC(C)CC(C)c1ccc2c(Br)nccc2c1Br. The van der Waals surface area contributed by atoms with Gasteiger partial charge in [-0.2, -0.15) is 0 Å². The molecular weight excluding hydrogens is 354 g/mol. The molecule has 0 spiro atoms. The zero-order valence-electron chi connectivity index (χ0n) is 10.9. The molecule has 18 heavy (non-hydrogen) atoms. The second-order valence-electron chi connectivity index (χ2n) is 5.20. The van der Waals surface area contributed by atoms with E-state index >= 15 is 0 Å². The Bertz CT molecular complexity index is 564. The summed E-state index contributed by atoms with van der Waals surface area (Å²) in [5, 5.41) is 2.38. The molecule has 0 aliphatic carbocycles. The summed E-state index contributed by atoms with van der Waals surface area (Å²) in [5.74, 6) is 1.28. The molecule has 96 valence electrons. The molecule has 1 aromatic carbocycles. The van der Waals surface area contributed by atoms with Crippen LogP contribution in [0.2, 0.25) is 0 Å². The van der Waals surface area contributed by atoms with E-state index in [1.54, 1.807) is 0 Å². The number of halogens is 2. The highest BCUT2D eigenvalue weighted by molar-refractivity contribution is 9.11. The van der Waals surface area contributed by atoms with E-state index < -0.39 is 0 Å². The van der Waals surface area contributed by atoms with Gasteiger partial charge in [0.15, 0.2) is 0 Å². The van der Waals surface area contributed by atoms with E-state index in [9.17, 15) is 0 Å². The zero-order chi connectivity index (χ0) is 13.3. The fraction of sp³-hybridized carbons (Fsp3) is 0.400. The summed E-state index contributed by atoms with van der Waals surface area (Å²) in [6, 6.07) is 6.44. The average molecular weight is 371 g/mol. The molecule has 0 fully saturated rings. The predicted octanol–water partition coefficient (Wildman–Crippen LogP) is 5.91. The molecule has 0 amide bonds. The molecule has 0 saturated heterocycles. The Morgan fingerprint density at radius 3 is 2.44 bits per heavy atom. The number of pyridine rings is 1. The van der Waals surface area contributed by atoms with Gasteiger partial charge in [0.2, 0.25) is 0 Å². The molecule has 1 unspecified atom stereocenters. The summed E-state index contributed by atoms with van der Waals surface area (Å²) in [5.41, 5.74) is 1.38. The van der Waals surface area contributed by atoms with Gasteiger partial charge < -0.3 is 0 Å². The molecule has 1 atom stereocenters. The van der Waals surface area contributed by atoms with Crippen LogP contribution < -0.4 is 0 Å². The van der Waals surface area contributed by atoms with Crippen LogP contribution in [0.25, 0.3) is 10.8 Å². The molecule has 0 aliphatic heterocycles. The van der Waals surface area contributed by atoms with Gasteiger partial charge in [-0.25, -0.2) is 4.98 Å². The van der Waals surface area contributed by atoms with Gasteiger partial charge in [-0.05, 0) is 61.7 Å². The van der Waals surface area contributed by atoms with E-state index in [1.807, 2.05) is 6.20 Å². The molecule has 1 heterocycles. The van der Waals surface area contributed by atoms with Gasteiger partial charge >= 0.3 is 0 Å². The third-order valence-corrected chi connectivity index (χ3v) is 4.73. The fourth-order valence-corrected chi connectivity index (χ4v) is 3.75. The molecule has 0 saturated carbocycles. The van der Waals surface area contributed by atoms with Crippen LogP contribution in [-0.2, 0) is 0 Å². The van der Waals surface area contributed by atoms with Crippen LogP contribution in [0.3, 0.4) is 0 Å². The van der Waals surface area contributed by atoms with E-state index in [4.69, 9.17) is 0 Å². The number of nitrogens with zero attached hydrogens (tertiary/aromatic N) is 1. The lowest BCUT2D eigenvalue weighted by atomic mass is 9.91. The van der Waals surface area contributed by atoms with Crippen LogP contribution in [0.5, 0.6) is 0 Å². The van der Waals surface area contributed by atoms with Gasteiger partial charge in [0.25, 0.3) is 0 Å². The lowest BCUT2D eigenvalue weighted by Gasteiger charge is -2.17. The number of rotatable bonds is 3. The standard InChI is InChI=1S/C15H17Br2N/c1-9(2)8-10(3)11-4-5-13-12(14(11)16)6-7-18-15(13)17/h4-7,9-10H,8H2,1-3H3. The van der Waals surface area contributed by atoms with Crippen molar-refractivity contribution in [2.45, 2.75) is 33.1 Å². The smallest absolute Gasteiger partial charge is 0.113 e. The Balaban J connectivity index is 2.51. The van der Waals surface area contributed by atoms with Crippen molar-refractivity contribution < 1.29 is 0 Å². The topological polar surface area (TPSA) is 12.9 Å². The molecule has 2 rings (SSSR count). The molecule has 1 aromatic heterocycles. The first kappa shape index (κ1) is 14.0. The minimum absolute atomic E-state index is 0.565. The summed E-state index contributed by atoms with van der Waals surface area (Å²) in [6.07, 6.45) is 3.05. The third kappa shape index (κ3) is 2.77. The van der Waals surface area contributed by atoms with Gasteiger partial charge in [0.1, 0.15) is 4.60 Å². The van der Waals surface area contributed by atoms with E-state index in [2.05, 4.69) is 75.8 Å². The van der Waals surface area contributed by atoms with Crippen molar-refractivity contribution in [1.82, 2.24) is 4.98 Å². The number of fused-ring (bicyclic) bond motifs is 1. The van der Waals surface area contributed by atoms with Crippen molar-refractivity contribution in [3.05, 3.63) is 39.0 Å². The second-order valence-corrected chi connectivity index (χ2v) is 6.74. The van der Waals surface area contributed by atoms with E-state index in [1.165, 1.54) is 21.8 Å². The molecule has 0 aliphatic rings. The molecule has 0 bridgehead atoms. The Morgan fingerprint density at radius 2 is 1.78 bits per heavy atom. The quantitative estimate of drug-likeness (QED) is 0.612. The highest BCUT2D eigenvalue weighted by Gasteiger charge is 2.14. The Labute approximate surface area is 125 Å². The largest absolute Gasteiger partial charge is 0.249 e. The van der Waals surface area contributed by atoms with Crippen LogP contribution in [0, 0.1) is 5.92 Å². The number of benzene rings is 1. The van der Waals surface area contributed by atoms with Gasteiger partial charge in [0.05, 0.1) is 0 Å². The third-order valence-electron chi connectivity index (χ3n) is 3.22. The van der Waals surface area contributed by atoms with Gasteiger partial charge in [0, 0.05) is 21.4 Å². The van der Waals surface area contributed by atoms with E-state index in [-0.39, 0.29) is 0 Å². The van der Waals surface area contributed by atoms with E-state index in [0.29, 0.717) is 11.8 Å². The lowest BCUT2D eigenvalue weighted by molar-refractivity contribution is 0.523. The Morgan fingerprint density at radius 1 is 1.06 bits per heavy atom. The maximum Gasteiger partial charge on any atom is 0.113 e. The first-order valence-corrected chi connectivity index (χ1v) is 7.82. The summed E-state index contributed by atoms with van der Waals surface area (Å²) < 4.78 is 2.11. The molecule has 3 heteroatoms. The summed E-state index contributed by atoms with van der Waals surface area (Å²) in [6.45, 7) is 6.83. The highest BCUT2D eigenvalue weighted by atomic mass is 79.9. The van der Waals surface area contributed by atoms with Crippen molar-refractivity contribution in [2.75, 3.05) is 0 Å². The zero-order valence-corrected chi connectivity index (χ0v) is 14.0. The highest BCUT2D eigenvalue weighted by Crippen LogP contribution is 2.36. The van der Waals surface area contributed by atoms with Gasteiger partial charge in [-0.3, -0.25) is 0 Å². The number of hydrogen-bond acceptors (Lipinski definition) is 1. The average Bonchev–Trinajstić information content (AvgIpc) is 2.29. The number of aromatic nitrogens is 1. The van der Waals surface area contributed by atoms with Crippen LogP contribution in [-0.4, -0.2) is 4.98 Å². The van der Waals surface area contributed by atoms with Crippen molar-refractivity contribution >= 4 is 42.6 Å². The predicted molar refractivity (Wildman–Crippen MR) is 85.0 cm³/mol. The Hall–Kier alpha value is -0.410. The Kier molecular flexibility index (Phi) is 4.44. The second kappa shape index (κ2) is 5.70. The molecule has 1 nitrogen and oxygen atoms in total. The molecular formula is C15H17Br2N. The van der Waals surface area contributed by atoms with Crippen molar-refractivity contribution in [3.63, 3.8) is 0 Å². The van der Waals surface area contributed by atoms with Crippen LogP contribution in [0.15, 0.2) is 33.5 Å². The van der Waals surface area contributed by atoms with Crippen molar-refractivity contribution in [3.8, 4) is 0 Å². The first-order chi connectivity index (χ1) is 8.50. The van der Waals surface area contributed by atoms with Crippen molar-refractivity contribution in [1.29, 1.82) is 0 Å². The molecule has 0 N–H and O–H groups in total. The summed E-state index contributed by atoms with van der Waals surface area (Å²) in [7, 11) is 0. The van der Waals surface area contributed by atoms with Gasteiger partial charge in [-0.1, -0.05) is 32.9 Å². The summed E-state index contributed by atoms with van der Waals surface area (Å²) in [4.78, 5) is 4.27. The minimum Gasteiger partial charge on any atom is -0.249 e. The summed E-state index contributed by atoms with van der Waals surface area (Å²) >= 11 is 7.26. The van der Waals surface area contributed by atoms with Crippen LogP contribution in [0.4, 0.5) is 0 Å². The molecule has 2 aromatic rings. The normalized spacial score (nSPS) is 13.2. The van der Waals surface area contributed by atoms with Crippen LogP contribution >= 0.6 is 31.9 Å². The van der Waals surface area contributed by atoms with Crippen molar-refractivity contribution in [2.24, 2.45) is 5.92 Å². The van der Waals surface area contributed by atoms with E-state index in [0.717, 1.165) is 9.99 Å². The molecule has 0 radical (unpaired) electrons.